The molecule has 0 aliphatic carbocycles. The molecular weight excluding hydrogens is 335 g/mol. The highest BCUT2D eigenvalue weighted by Crippen LogP contribution is 2.24. The second-order valence-corrected chi connectivity index (χ2v) is 6.65. The van der Waals surface area contributed by atoms with Crippen LogP contribution in [0, 0.1) is 17.1 Å². The Hall–Kier alpha value is -2.92. The van der Waals surface area contributed by atoms with E-state index in [1.165, 1.54) is 36.4 Å². The number of carboxylic acid groups (broad SMARTS) is 1. The maximum atomic E-state index is 13.1. The van der Waals surface area contributed by atoms with Gasteiger partial charge in [-0.1, -0.05) is 0 Å². The van der Waals surface area contributed by atoms with E-state index in [1.807, 2.05) is 6.07 Å². The zero-order chi connectivity index (χ0) is 17.7. The number of hydrogen-bond donors (Lipinski definition) is 1. The quantitative estimate of drug-likeness (QED) is 0.865. The van der Waals surface area contributed by atoms with Crippen molar-refractivity contribution in [3.05, 3.63) is 59.9 Å². The van der Waals surface area contributed by atoms with Gasteiger partial charge in [0.2, 0.25) is 0 Å². The molecule has 0 saturated heterocycles. The molecule has 2 aromatic rings. The molecule has 0 radical (unpaired) electrons. The van der Waals surface area contributed by atoms with Crippen LogP contribution in [0.4, 0.5) is 10.1 Å². The van der Waals surface area contributed by atoms with E-state index in [1.54, 1.807) is 0 Å². The first-order chi connectivity index (χ1) is 11.4. The van der Waals surface area contributed by atoms with Crippen molar-refractivity contribution in [3.63, 3.8) is 0 Å². The lowest BCUT2D eigenvalue weighted by Crippen LogP contribution is -2.32. The van der Waals surface area contributed by atoms with Crippen molar-refractivity contribution < 1.29 is 22.7 Å². The highest BCUT2D eigenvalue weighted by atomic mass is 32.2. The summed E-state index contributed by atoms with van der Waals surface area (Å²) in [7, 11) is -4.01. The van der Waals surface area contributed by atoms with Gasteiger partial charge in [0, 0.05) is 6.54 Å². The van der Waals surface area contributed by atoms with Gasteiger partial charge in [-0.15, -0.1) is 0 Å². The van der Waals surface area contributed by atoms with E-state index in [-0.39, 0.29) is 29.1 Å². The summed E-state index contributed by atoms with van der Waals surface area (Å²) in [6.07, 6.45) is -0.0518. The molecule has 0 saturated carbocycles. The van der Waals surface area contributed by atoms with Gasteiger partial charge in [0.05, 0.1) is 28.6 Å². The monoisotopic (exact) mass is 348 g/mol. The van der Waals surface area contributed by atoms with Crippen molar-refractivity contribution in [2.75, 3.05) is 10.8 Å². The second-order valence-electron chi connectivity index (χ2n) is 4.79. The molecular formula is C16H13FN2O4S. The maximum Gasteiger partial charge on any atom is 0.335 e. The van der Waals surface area contributed by atoms with E-state index in [9.17, 15) is 17.6 Å². The summed E-state index contributed by atoms with van der Waals surface area (Å²) in [4.78, 5) is 10.7. The SMILES string of the molecule is N#CCCN(c1ccc(F)cc1)S(=O)(=O)c1ccc(C(=O)O)cc1. The summed E-state index contributed by atoms with van der Waals surface area (Å²) in [6.45, 7) is -0.106. The summed E-state index contributed by atoms with van der Waals surface area (Å²) < 4.78 is 39.6. The van der Waals surface area contributed by atoms with Gasteiger partial charge >= 0.3 is 5.97 Å². The number of hydrogen-bond acceptors (Lipinski definition) is 4. The molecule has 0 fully saturated rings. The van der Waals surface area contributed by atoms with Crippen LogP contribution >= 0.6 is 0 Å². The second kappa shape index (κ2) is 7.10. The van der Waals surface area contributed by atoms with E-state index in [4.69, 9.17) is 10.4 Å². The van der Waals surface area contributed by atoms with Gasteiger partial charge in [-0.3, -0.25) is 4.31 Å². The fraction of sp³-hybridized carbons (Fsp3) is 0.125. The molecule has 24 heavy (non-hydrogen) atoms. The number of anilines is 1. The minimum atomic E-state index is -4.01. The van der Waals surface area contributed by atoms with Crippen molar-refractivity contribution >= 4 is 21.7 Å². The Balaban J connectivity index is 2.45. The molecule has 0 atom stereocenters. The van der Waals surface area contributed by atoms with Crippen LogP contribution in [0.2, 0.25) is 0 Å². The molecule has 124 valence electrons. The minimum absolute atomic E-state index is 0.0423. The third-order valence-corrected chi connectivity index (χ3v) is 5.07. The van der Waals surface area contributed by atoms with Crippen LogP contribution in [0.1, 0.15) is 16.8 Å². The van der Waals surface area contributed by atoms with Gasteiger partial charge in [-0.05, 0) is 48.5 Å². The number of rotatable bonds is 6. The van der Waals surface area contributed by atoms with E-state index in [2.05, 4.69) is 0 Å². The summed E-state index contributed by atoms with van der Waals surface area (Å²) in [6, 6.07) is 11.4. The normalized spacial score (nSPS) is 10.8. The molecule has 0 spiro atoms. The number of nitriles is 1. The van der Waals surface area contributed by atoms with E-state index in [0.29, 0.717) is 0 Å². The lowest BCUT2D eigenvalue weighted by atomic mass is 10.2. The third kappa shape index (κ3) is 3.70. The molecule has 0 aromatic heterocycles. The standard InChI is InChI=1S/C16H13FN2O4S/c17-13-4-6-14(7-5-13)19(11-1-10-18)24(22,23)15-8-2-12(3-9-15)16(20)21/h2-9H,1,11H2,(H,20,21). The van der Waals surface area contributed by atoms with Crippen LogP contribution in [0.25, 0.3) is 0 Å². The van der Waals surface area contributed by atoms with Crippen LogP contribution in [0.3, 0.4) is 0 Å². The smallest absolute Gasteiger partial charge is 0.335 e. The molecule has 0 aliphatic rings. The fourth-order valence-corrected chi connectivity index (χ4v) is 3.51. The summed E-state index contributed by atoms with van der Waals surface area (Å²) >= 11 is 0. The molecule has 0 amide bonds. The van der Waals surface area contributed by atoms with Crippen LogP contribution in [-0.4, -0.2) is 26.0 Å². The molecule has 0 bridgehead atoms. The number of nitrogens with zero attached hydrogens (tertiary/aromatic N) is 2. The molecule has 2 rings (SSSR count). The maximum absolute atomic E-state index is 13.1. The van der Waals surface area contributed by atoms with Crippen LogP contribution in [0.5, 0.6) is 0 Å². The van der Waals surface area contributed by atoms with Crippen LogP contribution in [0.15, 0.2) is 53.4 Å². The van der Waals surface area contributed by atoms with Gasteiger partial charge in [0.25, 0.3) is 10.0 Å². The van der Waals surface area contributed by atoms with Crippen LogP contribution < -0.4 is 4.31 Å². The van der Waals surface area contributed by atoms with E-state index >= 15 is 0 Å². The Bertz CT molecular complexity index is 872. The van der Waals surface area contributed by atoms with E-state index < -0.39 is 21.8 Å². The van der Waals surface area contributed by atoms with E-state index in [0.717, 1.165) is 16.4 Å². The van der Waals surface area contributed by atoms with Gasteiger partial charge < -0.3 is 5.11 Å². The minimum Gasteiger partial charge on any atom is -0.478 e. The highest BCUT2D eigenvalue weighted by molar-refractivity contribution is 7.92. The first-order valence-electron chi connectivity index (χ1n) is 6.85. The van der Waals surface area contributed by atoms with Crippen molar-refractivity contribution in [3.8, 4) is 6.07 Å². The lowest BCUT2D eigenvalue weighted by molar-refractivity contribution is 0.0696. The third-order valence-electron chi connectivity index (χ3n) is 3.23. The topological polar surface area (TPSA) is 98.5 Å². The van der Waals surface area contributed by atoms with Crippen molar-refractivity contribution in [2.45, 2.75) is 11.3 Å². The molecule has 0 heterocycles. The fourth-order valence-electron chi connectivity index (χ4n) is 2.04. The molecule has 2 aromatic carbocycles. The molecule has 0 unspecified atom stereocenters. The zero-order valence-electron chi connectivity index (χ0n) is 12.4. The van der Waals surface area contributed by atoms with Gasteiger partial charge in [-0.25, -0.2) is 17.6 Å². The molecule has 0 aliphatic heterocycles. The first-order valence-corrected chi connectivity index (χ1v) is 8.29. The summed E-state index contributed by atoms with van der Waals surface area (Å²) in [5.41, 5.74) is 0.174. The van der Waals surface area contributed by atoms with Gasteiger partial charge in [0.1, 0.15) is 5.82 Å². The number of aromatic carboxylic acids is 1. The zero-order valence-corrected chi connectivity index (χ0v) is 13.2. The Labute approximate surface area is 138 Å². The largest absolute Gasteiger partial charge is 0.478 e. The Morgan fingerprint density at radius 2 is 1.71 bits per heavy atom. The van der Waals surface area contributed by atoms with Crippen molar-refractivity contribution in [2.24, 2.45) is 0 Å². The first kappa shape index (κ1) is 17.4. The van der Waals surface area contributed by atoms with Gasteiger partial charge in [-0.2, -0.15) is 5.26 Å². The Morgan fingerprint density at radius 1 is 1.12 bits per heavy atom. The molecule has 8 heteroatoms. The molecule has 6 nitrogen and oxygen atoms in total. The predicted octanol–water partition coefficient (Wildman–Crippen LogP) is 2.63. The van der Waals surface area contributed by atoms with Gasteiger partial charge in [0.15, 0.2) is 0 Å². The van der Waals surface area contributed by atoms with Crippen molar-refractivity contribution in [1.82, 2.24) is 0 Å². The Morgan fingerprint density at radius 3 is 2.21 bits per heavy atom. The van der Waals surface area contributed by atoms with Crippen molar-refractivity contribution in [1.29, 1.82) is 5.26 Å². The number of benzene rings is 2. The summed E-state index contributed by atoms with van der Waals surface area (Å²) in [5.74, 6) is -1.68. The number of carbonyl (C=O) groups is 1. The number of halogens is 1. The average Bonchev–Trinajstić information content (AvgIpc) is 2.56. The highest BCUT2D eigenvalue weighted by Gasteiger charge is 2.25. The van der Waals surface area contributed by atoms with Crippen LogP contribution in [-0.2, 0) is 10.0 Å². The number of carboxylic acids is 1. The average molecular weight is 348 g/mol. The summed E-state index contributed by atoms with van der Waals surface area (Å²) in [5, 5.41) is 17.6. The Kier molecular flexibility index (Phi) is 5.16. The number of sulfonamides is 1. The predicted molar refractivity (Wildman–Crippen MR) is 84.6 cm³/mol. The lowest BCUT2D eigenvalue weighted by Gasteiger charge is -2.23. The molecule has 1 N–H and O–H groups in total.